The van der Waals surface area contributed by atoms with Crippen molar-refractivity contribution in [3.05, 3.63) is 70.8 Å². The van der Waals surface area contributed by atoms with Crippen LogP contribution in [0.15, 0.2) is 41.7 Å². The van der Waals surface area contributed by atoms with Crippen LogP contribution in [0.3, 0.4) is 0 Å². The maximum atomic E-state index is 12.7. The van der Waals surface area contributed by atoms with Gasteiger partial charge in [0, 0.05) is 58.3 Å². The standard InChI is InChI=1S/C27H36N8O2.C22H28N8O/c1-3-27(2)11-15-33(16-12-27)24-21(23(28)36)30-22-25(31-24)35(20-10-4-5-17-37-20)32-26(22)34-14-7-8-18-19(34)9-6-13-29-18;1-22(13-23)6-10-29(11-7-22)21-18(19(24)31)28-17-15(27-21)12-26-20(17)30-9-3-4-14-16(30)5-2-8-25-14/h6,9,13,20H,3-5,7-8,10-12,14-17H2,1-2H3,(H2,28,36);2,5,8H,3-4,6-7,9-13,23H2,1H3,(H2,24,31). The number of aliphatic imine (C=N–C) groups is 1. The van der Waals surface area contributed by atoms with Crippen LogP contribution in [0.25, 0.3) is 11.2 Å². The summed E-state index contributed by atoms with van der Waals surface area (Å²) in [6.45, 7) is 13.4. The number of hydrogen-bond acceptors (Lipinski definition) is 16. The van der Waals surface area contributed by atoms with E-state index in [1.165, 1.54) is 0 Å². The van der Waals surface area contributed by atoms with E-state index in [1.807, 2.05) is 29.2 Å². The van der Waals surface area contributed by atoms with Crippen LogP contribution in [0.4, 0.5) is 28.8 Å². The molecule has 0 bridgehead atoms. The van der Waals surface area contributed by atoms with Gasteiger partial charge in [-0.15, -0.1) is 5.10 Å². The zero-order chi connectivity index (χ0) is 47.2. The number of rotatable bonds is 8. The highest BCUT2D eigenvalue weighted by Crippen LogP contribution is 2.41. The molecular weight excluding hydrogens is 861 g/mol. The maximum absolute atomic E-state index is 12.7. The third-order valence-electron chi connectivity index (χ3n) is 15.2. The van der Waals surface area contributed by atoms with Gasteiger partial charge in [0.2, 0.25) is 0 Å². The first-order chi connectivity index (χ1) is 33.0. The smallest absolute Gasteiger partial charge is 0.271 e. The van der Waals surface area contributed by atoms with Crippen molar-refractivity contribution in [2.45, 2.75) is 111 Å². The second kappa shape index (κ2) is 18.6. The SMILES string of the molecule is CC1(CN)CCN(c2nc3c(nc2C(N)=O)C(N2CCCc4ncccc42)=NC3)CC1.CCC1(C)CCN(c2nc3c(nc2C(N)=O)c(N2CCCc4ncccc42)nn3C2CCCCO2)CC1. The third kappa shape index (κ3) is 8.58. The number of carbonyl (C=O) groups is 2. The number of ether oxygens (including phenoxy) is 1. The van der Waals surface area contributed by atoms with Gasteiger partial charge in [-0.2, -0.15) is 0 Å². The van der Waals surface area contributed by atoms with Crippen LogP contribution in [0.1, 0.15) is 135 Å². The molecule has 0 spiro atoms. The molecule has 5 aromatic rings. The van der Waals surface area contributed by atoms with Crippen molar-refractivity contribution in [2.75, 3.05) is 72.0 Å². The van der Waals surface area contributed by atoms with E-state index >= 15 is 0 Å². The minimum Gasteiger partial charge on any atom is -0.364 e. The molecule has 0 aliphatic carbocycles. The molecule has 19 nitrogen and oxygen atoms in total. The number of nitrogens with two attached hydrogens (primary N) is 3. The number of aromatic nitrogens is 8. The van der Waals surface area contributed by atoms with Gasteiger partial charge in [0.1, 0.15) is 5.69 Å². The molecule has 6 aliphatic heterocycles. The Kier molecular flexibility index (Phi) is 12.4. The van der Waals surface area contributed by atoms with Gasteiger partial charge in [0.15, 0.2) is 52.1 Å². The number of fused-ring (bicyclic) bond motifs is 4. The van der Waals surface area contributed by atoms with E-state index < -0.39 is 11.8 Å². The predicted molar refractivity (Wildman–Crippen MR) is 261 cm³/mol. The first-order valence-corrected chi connectivity index (χ1v) is 24.6. The number of aryl methyl sites for hydroxylation is 2. The summed E-state index contributed by atoms with van der Waals surface area (Å²) in [5, 5.41) is 5.05. The molecular formula is C49H64N16O3. The highest BCUT2D eigenvalue weighted by atomic mass is 16.5. The highest BCUT2D eigenvalue weighted by Gasteiger charge is 2.37. The van der Waals surface area contributed by atoms with E-state index in [0.717, 1.165) is 151 Å². The Bertz CT molecular complexity index is 2730. The number of amidine groups is 1. The van der Waals surface area contributed by atoms with E-state index in [0.29, 0.717) is 59.4 Å². The lowest BCUT2D eigenvalue weighted by Gasteiger charge is -2.39. The van der Waals surface area contributed by atoms with Crippen LogP contribution >= 0.6 is 0 Å². The maximum Gasteiger partial charge on any atom is 0.271 e. The fourth-order valence-electron chi connectivity index (χ4n) is 10.5. The number of primary amides is 2. The van der Waals surface area contributed by atoms with Gasteiger partial charge in [-0.1, -0.05) is 27.2 Å². The molecule has 0 radical (unpaired) electrons. The normalized spacial score (nSPS) is 20.8. The fourth-order valence-corrected chi connectivity index (χ4v) is 10.5. The lowest BCUT2D eigenvalue weighted by atomic mass is 9.78. The fraction of sp³-hybridized carbons (Fsp3) is 0.551. The molecule has 1 unspecified atom stereocenters. The van der Waals surface area contributed by atoms with Crippen molar-refractivity contribution in [3.8, 4) is 0 Å². The number of carbonyl (C=O) groups excluding carboxylic acids is 2. The number of piperidine rings is 2. The Morgan fingerprint density at radius 1 is 0.721 bits per heavy atom. The topological polar surface area (TPSA) is 242 Å². The van der Waals surface area contributed by atoms with E-state index in [4.69, 9.17) is 52.0 Å². The first kappa shape index (κ1) is 45.4. The molecule has 0 saturated carbocycles. The molecule has 11 rings (SSSR count). The largest absolute Gasteiger partial charge is 0.364 e. The summed E-state index contributed by atoms with van der Waals surface area (Å²) < 4.78 is 8.03. The molecule has 3 fully saturated rings. The number of hydrogen-bond donors (Lipinski definition) is 3. The lowest BCUT2D eigenvalue weighted by molar-refractivity contribution is -0.0368. The third-order valence-corrected chi connectivity index (χ3v) is 15.2. The van der Waals surface area contributed by atoms with Crippen LogP contribution in [0, 0.1) is 10.8 Å². The number of amides is 2. The second-order valence-corrected chi connectivity index (χ2v) is 19.8. The molecule has 1 atom stereocenters. The Balaban J connectivity index is 0.000000161. The lowest BCUT2D eigenvalue weighted by Crippen LogP contribution is -2.43. The first-order valence-electron chi connectivity index (χ1n) is 24.6. The summed E-state index contributed by atoms with van der Waals surface area (Å²) in [5.74, 6) is 1.42. The van der Waals surface area contributed by atoms with E-state index in [2.05, 4.69) is 62.5 Å². The van der Waals surface area contributed by atoms with Crippen molar-refractivity contribution in [1.29, 1.82) is 0 Å². The van der Waals surface area contributed by atoms with Crippen LogP contribution in [-0.4, -0.2) is 110 Å². The van der Waals surface area contributed by atoms with Crippen LogP contribution < -0.4 is 36.8 Å². The zero-order valence-electron chi connectivity index (χ0n) is 39.7. The monoisotopic (exact) mass is 925 g/mol. The highest BCUT2D eigenvalue weighted by molar-refractivity contribution is 6.12. The van der Waals surface area contributed by atoms with Crippen molar-refractivity contribution < 1.29 is 14.3 Å². The van der Waals surface area contributed by atoms with Gasteiger partial charge < -0.3 is 41.5 Å². The van der Waals surface area contributed by atoms with Gasteiger partial charge in [0.05, 0.1) is 35.0 Å². The van der Waals surface area contributed by atoms with Gasteiger partial charge >= 0.3 is 0 Å². The Hall–Kier alpha value is -6.34. The summed E-state index contributed by atoms with van der Waals surface area (Å²) in [7, 11) is 0. The molecule has 6 aliphatic rings. The molecule has 358 valence electrons. The number of nitrogens with zero attached hydrogens (tertiary/aromatic N) is 13. The molecule has 0 aromatic carbocycles. The van der Waals surface area contributed by atoms with E-state index in [9.17, 15) is 9.59 Å². The Morgan fingerprint density at radius 2 is 1.32 bits per heavy atom. The van der Waals surface area contributed by atoms with Crippen molar-refractivity contribution in [2.24, 2.45) is 33.0 Å². The van der Waals surface area contributed by atoms with E-state index in [-0.39, 0.29) is 23.0 Å². The molecule has 2 amide bonds. The Morgan fingerprint density at radius 3 is 1.93 bits per heavy atom. The van der Waals surface area contributed by atoms with Crippen molar-refractivity contribution in [1.82, 2.24) is 39.7 Å². The summed E-state index contributed by atoms with van der Waals surface area (Å²) in [4.78, 5) is 67.0. The molecule has 68 heavy (non-hydrogen) atoms. The van der Waals surface area contributed by atoms with Crippen molar-refractivity contribution >= 4 is 57.6 Å². The predicted octanol–water partition coefficient (Wildman–Crippen LogP) is 5.37. The van der Waals surface area contributed by atoms with Crippen LogP contribution in [0.5, 0.6) is 0 Å². The number of anilines is 5. The minimum atomic E-state index is -0.568. The summed E-state index contributed by atoms with van der Waals surface area (Å²) in [6, 6.07) is 8.00. The summed E-state index contributed by atoms with van der Waals surface area (Å²) in [6.07, 6.45) is 15.3. The summed E-state index contributed by atoms with van der Waals surface area (Å²) in [5.41, 5.74) is 25.3. The van der Waals surface area contributed by atoms with Crippen molar-refractivity contribution in [3.63, 3.8) is 0 Å². The summed E-state index contributed by atoms with van der Waals surface area (Å²) >= 11 is 0. The van der Waals surface area contributed by atoms with Gasteiger partial charge in [0.25, 0.3) is 11.8 Å². The second-order valence-electron chi connectivity index (χ2n) is 19.8. The van der Waals surface area contributed by atoms with Gasteiger partial charge in [-0.05, 0) is 112 Å². The van der Waals surface area contributed by atoms with Crippen LogP contribution in [0.2, 0.25) is 0 Å². The Labute approximate surface area is 397 Å². The number of pyridine rings is 2. The molecule has 3 saturated heterocycles. The molecule has 5 aromatic heterocycles. The molecule has 6 N–H and O–H groups in total. The van der Waals surface area contributed by atoms with Gasteiger partial charge in [-0.25, -0.2) is 24.6 Å². The average molecular weight is 925 g/mol. The van der Waals surface area contributed by atoms with Gasteiger partial charge in [-0.3, -0.25) is 24.5 Å². The minimum absolute atomic E-state index is 0.125. The molecule has 19 heteroatoms. The quantitative estimate of drug-likeness (QED) is 0.177. The zero-order valence-corrected chi connectivity index (χ0v) is 39.7. The van der Waals surface area contributed by atoms with Crippen LogP contribution in [-0.2, 0) is 24.1 Å². The molecule has 11 heterocycles. The average Bonchev–Trinajstić information content (AvgIpc) is 3.97. The van der Waals surface area contributed by atoms with E-state index in [1.54, 1.807) is 0 Å².